The van der Waals surface area contributed by atoms with E-state index in [9.17, 15) is 17.9 Å². The van der Waals surface area contributed by atoms with Crippen LogP contribution in [0, 0.1) is 12.7 Å². The number of hydrogen-bond acceptors (Lipinski definition) is 4. The molecule has 0 aliphatic heterocycles. The molecule has 0 bridgehead atoms. The summed E-state index contributed by atoms with van der Waals surface area (Å²) in [6.45, 7) is 6.07. The number of rotatable bonds is 4. The van der Waals surface area contributed by atoms with Crippen LogP contribution in [0.15, 0.2) is 17.0 Å². The van der Waals surface area contributed by atoms with Crippen LogP contribution in [0.5, 0.6) is 0 Å². The molecule has 108 valence electrons. The summed E-state index contributed by atoms with van der Waals surface area (Å²) in [6, 6.07) is 2.14. The first-order chi connectivity index (χ1) is 8.47. The first kappa shape index (κ1) is 15.9. The number of sulfonamides is 1. The van der Waals surface area contributed by atoms with Crippen molar-refractivity contribution in [2.75, 3.05) is 5.73 Å². The fraction of sp³-hybridized carbons (Fsp3) is 0.500. The zero-order chi connectivity index (χ0) is 15.0. The van der Waals surface area contributed by atoms with Crippen LogP contribution in [-0.4, -0.2) is 25.2 Å². The monoisotopic (exact) mass is 290 g/mol. The van der Waals surface area contributed by atoms with E-state index in [1.165, 1.54) is 13.8 Å². The maximum atomic E-state index is 13.2. The van der Waals surface area contributed by atoms with Crippen LogP contribution in [0.1, 0.15) is 26.3 Å². The lowest BCUT2D eigenvalue weighted by Gasteiger charge is -2.29. The molecule has 1 rings (SSSR count). The number of halogens is 1. The van der Waals surface area contributed by atoms with Crippen molar-refractivity contribution in [3.63, 3.8) is 0 Å². The molecule has 0 aromatic heterocycles. The fourth-order valence-electron chi connectivity index (χ4n) is 1.44. The molecule has 1 aromatic rings. The second-order valence-electron chi connectivity index (χ2n) is 5.14. The molecule has 0 saturated carbocycles. The number of benzene rings is 1. The Hall–Kier alpha value is -1.18. The minimum atomic E-state index is -3.89. The molecule has 0 aliphatic carbocycles. The highest BCUT2D eigenvalue weighted by Crippen LogP contribution is 2.23. The average Bonchev–Trinajstić information content (AvgIpc) is 2.21. The molecule has 0 heterocycles. The number of anilines is 1. The zero-order valence-electron chi connectivity index (χ0n) is 11.4. The summed E-state index contributed by atoms with van der Waals surface area (Å²) in [5.41, 5.74) is 4.36. The van der Waals surface area contributed by atoms with Gasteiger partial charge in [-0.15, -0.1) is 0 Å². The minimum absolute atomic E-state index is 0.0971. The second-order valence-corrected chi connectivity index (χ2v) is 6.79. The first-order valence-electron chi connectivity index (χ1n) is 5.75. The fourth-order valence-corrected chi connectivity index (χ4v) is 3.18. The van der Waals surface area contributed by atoms with Crippen LogP contribution in [-0.2, 0) is 10.0 Å². The van der Waals surface area contributed by atoms with E-state index >= 15 is 0 Å². The lowest BCUT2D eigenvalue weighted by molar-refractivity contribution is 0.111. The molecule has 7 heteroatoms. The van der Waals surface area contributed by atoms with Gasteiger partial charge in [-0.1, -0.05) is 0 Å². The number of aliphatic hydroxyl groups excluding tert-OH is 1. The van der Waals surface area contributed by atoms with Crippen LogP contribution in [0.3, 0.4) is 0 Å². The molecule has 19 heavy (non-hydrogen) atoms. The van der Waals surface area contributed by atoms with E-state index < -0.39 is 27.5 Å². The Morgan fingerprint density at radius 2 is 1.95 bits per heavy atom. The summed E-state index contributed by atoms with van der Waals surface area (Å²) in [7, 11) is -3.89. The van der Waals surface area contributed by atoms with Gasteiger partial charge in [0.15, 0.2) is 0 Å². The standard InChI is InChI=1S/C12H19FN2O3S/c1-7-5-9(13)10(14)6-11(7)19(17,18)15-12(3,4)8(2)16/h5-6,8,15-16H,14H2,1-4H3. The maximum absolute atomic E-state index is 13.2. The Bertz CT molecular complexity index is 583. The van der Waals surface area contributed by atoms with Crippen molar-refractivity contribution in [2.45, 2.75) is 44.2 Å². The minimum Gasteiger partial charge on any atom is -0.396 e. The van der Waals surface area contributed by atoms with Gasteiger partial charge in [-0.3, -0.25) is 0 Å². The van der Waals surface area contributed by atoms with E-state index in [1.54, 1.807) is 13.8 Å². The van der Waals surface area contributed by atoms with Gasteiger partial charge in [0.1, 0.15) is 5.82 Å². The smallest absolute Gasteiger partial charge is 0.241 e. The highest BCUT2D eigenvalue weighted by atomic mass is 32.2. The van der Waals surface area contributed by atoms with Crippen molar-refractivity contribution in [2.24, 2.45) is 0 Å². The Morgan fingerprint density at radius 1 is 1.42 bits per heavy atom. The van der Waals surface area contributed by atoms with Crippen molar-refractivity contribution >= 4 is 15.7 Å². The molecular weight excluding hydrogens is 271 g/mol. The van der Waals surface area contributed by atoms with E-state index in [0.717, 1.165) is 12.1 Å². The SMILES string of the molecule is Cc1cc(F)c(N)cc1S(=O)(=O)NC(C)(C)C(C)O. The highest BCUT2D eigenvalue weighted by Gasteiger charge is 2.31. The Labute approximate surface area is 112 Å². The van der Waals surface area contributed by atoms with Gasteiger partial charge < -0.3 is 10.8 Å². The Balaban J connectivity index is 3.26. The van der Waals surface area contributed by atoms with Crippen LogP contribution < -0.4 is 10.5 Å². The summed E-state index contributed by atoms with van der Waals surface area (Å²) in [5.74, 6) is -0.661. The van der Waals surface area contributed by atoms with Crippen molar-refractivity contribution in [3.8, 4) is 0 Å². The normalized spacial score (nSPS) is 14.4. The van der Waals surface area contributed by atoms with Crippen molar-refractivity contribution < 1.29 is 17.9 Å². The number of nitrogens with one attached hydrogen (secondary N) is 1. The molecule has 0 fully saturated rings. The molecular formula is C12H19FN2O3S. The van der Waals surface area contributed by atoms with Crippen LogP contribution in [0.2, 0.25) is 0 Å². The molecule has 0 saturated heterocycles. The second kappa shape index (κ2) is 5.07. The third-order valence-electron chi connectivity index (χ3n) is 3.03. The molecule has 1 aromatic carbocycles. The van der Waals surface area contributed by atoms with Crippen LogP contribution in [0.25, 0.3) is 0 Å². The summed E-state index contributed by atoms with van der Waals surface area (Å²) in [4.78, 5) is -0.0971. The van der Waals surface area contributed by atoms with E-state index in [-0.39, 0.29) is 16.1 Å². The predicted molar refractivity (Wildman–Crippen MR) is 71.6 cm³/mol. The van der Waals surface area contributed by atoms with Gasteiger partial charge in [0, 0.05) is 0 Å². The van der Waals surface area contributed by atoms with Gasteiger partial charge in [0.25, 0.3) is 0 Å². The largest absolute Gasteiger partial charge is 0.396 e. The third kappa shape index (κ3) is 3.43. The third-order valence-corrected chi connectivity index (χ3v) is 4.84. The number of aryl methyl sites for hydroxylation is 1. The van der Waals surface area contributed by atoms with E-state index in [0.29, 0.717) is 0 Å². The molecule has 4 N–H and O–H groups in total. The van der Waals surface area contributed by atoms with E-state index in [4.69, 9.17) is 5.73 Å². The van der Waals surface area contributed by atoms with Crippen molar-refractivity contribution in [1.82, 2.24) is 4.72 Å². The van der Waals surface area contributed by atoms with Gasteiger partial charge in [0.2, 0.25) is 10.0 Å². The molecule has 0 amide bonds. The quantitative estimate of drug-likeness (QED) is 0.725. The van der Waals surface area contributed by atoms with Gasteiger partial charge in [-0.25, -0.2) is 17.5 Å². The average molecular weight is 290 g/mol. The van der Waals surface area contributed by atoms with Crippen molar-refractivity contribution in [3.05, 3.63) is 23.5 Å². The Kier molecular flexibility index (Phi) is 4.23. The summed E-state index contributed by atoms with van der Waals surface area (Å²) >= 11 is 0. The van der Waals surface area contributed by atoms with E-state index in [1.807, 2.05) is 0 Å². The molecule has 1 unspecified atom stereocenters. The summed E-state index contributed by atoms with van der Waals surface area (Å²) in [6.07, 6.45) is -0.889. The summed E-state index contributed by atoms with van der Waals surface area (Å²) < 4.78 is 40.1. The number of nitrogen functional groups attached to an aromatic ring is 1. The zero-order valence-corrected chi connectivity index (χ0v) is 12.2. The van der Waals surface area contributed by atoms with Gasteiger partial charge in [-0.05, 0) is 45.4 Å². The van der Waals surface area contributed by atoms with Crippen LogP contribution >= 0.6 is 0 Å². The van der Waals surface area contributed by atoms with Gasteiger partial charge in [0.05, 0.1) is 22.2 Å². The molecule has 1 atom stereocenters. The van der Waals surface area contributed by atoms with Gasteiger partial charge in [-0.2, -0.15) is 0 Å². The van der Waals surface area contributed by atoms with Gasteiger partial charge >= 0.3 is 0 Å². The first-order valence-corrected chi connectivity index (χ1v) is 7.23. The number of nitrogens with two attached hydrogens (primary N) is 1. The number of aliphatic hydroxyl groups is 1. The number of hydrogen-bond donors (Lipinski definition) is 3. The lowest BCUT2D eigenvalue weighted by atomic mass is 10.0. The molecule has 0 aliphatic rings. The maximum Gasteiger partial charge on any atom is 0.241 e. The van der Waals surface area contributed by atoms with E-state index in [2.05, 4.69) is 4.72 Å². The topological polar surface area (TPSA) is 92.4 Å². The molecule has 0 radical (unpaired) electrons. The van der Waals surface area contributed by atoms with Crippen LogP contribution in [0.4, 0.5) is 10.1 Å². The lowest BCUT2D eigenvalue weighted by Crippen LogP contribution is -2.50. The Morgan fingerprint density at radius 3 is 2.42 bits per heavy atom. The molecule has 0 spiro atoms. The summed E-state index contributed by atoms with van der Waals surface area (Å²) in [5, 5.41) is 9.55. The highest BCUT2D eigenvalue weighted by molar-refractivity contribution is 7.89. The molecule has 5 nitrogen and oxygen atoms in total. The van der Waals surface area contributed by atoms with Crippen molar-refractivity contribution in [1.29, 1.82) is 0 Å². The predicted octanol–water partition coefficient (Wildman–Crippen LogP) is 1.15.